The van der Waals surface area contributed by atoms with Crippen LogP contribution in [0.2, 0.25) is 0 Å². The molecule has 0 radical (unpaired) electrons. The third kappa shape index (κ3) is 3.42. The molecule has 0 bridgehead atoms. The maximum absolute atomic E-state index is 11.8. The van der Waals surface area contributed by atoms with Crippen molar-refractivity contribution < 1.29 is 18.1 Å². The second-order valence-corrected chi connectivity index (χ2v) is 5.44. The molecule has 0 aromatic heterocycles. The van der Waals surface area contributed by atoms with Crippen molar-refractivity contribution >= 4 is 7.82 Å². The first-order valence-electron chi connectivity index (χ1n) is 5.51. The standard InChI is InChI=1S/C10H17O4P/c11-15(12-8-9-13-15)14-10-6-4-2-1-3-5-7-10/h1-2,10H,3-9H2/b2-1-. The molecule has 0 amide bonds. The lowest BCUT2D eigenvalue weighted by Crippen LogP contribution is -2.12. The zero-order valence-electron chi connectivity index (χ0n) is 8.76. The number of rotatable bonds is 2. The minimum Gasteiger partial charge on any atom is -0.284 e. The van der Waals surface area contributed by atoms with Crippen molar-refractivity contribution in [2.75, 3.05) is 13.2 Å². The second kappa shape index (κ2) is 5.26. The third-order valence-corrected chi connectivity index (χ3v) is 4.13. The van der Waals surface area contributed by atoms with Crippen molar-refractivity contribution in [1.82, 2.24) is 0 Å². The molecule has 1 saturated heterocycles. The van der Waals surface area contributed by atoms with Crippen LogP contribution in [0.25, 0.3) is 0 Å². The van der Waals surface area contributed by atoms with E-state index in [1.165, 1.54) is 0 Å². The maximum atomic E-state index is 11.8. The van der Waals surface area contributed by atoms with Crippen molar-refractivity contribution in [2.45, 2.75) is 38.2 Å². The molecule has 4 nitrogen and oxygen atoms in total. The van der Waals surface area contributed by atoms with Gasteiger partial charge in [-0.2, -0.15) is 0 Å². The van der Waals surface area contributed by atoms with E-state index >= 15 is 0 Å². The molecule has 0 spiro atoms. The molecule has 1 aliphatic carbocycles. The summed E-state index contributed by atoms with van der Waals surface area (Å²) in [4.78, 5) is 0. The summed E-state index contributed by atoms with van der Waals surface area (Å²) in [6.07, 6.45) is 9.31. The molecule has 1 unspecified atom stereocenters. The van der Waals surface area contributed by atoms with Crippen LogP contribution in [-0.2, 0) is 18.1 Å². The molecule has 86 valence electrons. The monoisotopic (exact) mass is 232 g/mol. The van der Waals surface area contributed by atoms with Gasteiger partial charge in [0.2, 0.25) is 0 Å². The highest BCUT2D eigenvalue weighted by molar-refractivity contribution is 7.48. The van der Waals surface area contributed by atoms with Crippen LogP contribution >= 0.6 is 7.82 Å². The molecule has 1 aliphatic heterocycles. The smallest absolute Gasteiger partial charge is 0.284 e. The summed E-state index contributed by atoms with van der Waals surface area (Å²) in [7, 11) is -3.20. The Hall–Kier alpha value is -0.150. The molecule has 0 saturated carbocycles. The highest BCUT2D eigenvalue weighted by Gasteiger charge is 2.34. The van der Waals surface area contributed by atoms with Gasteiger partial charge in [0.05, 0.1) is 19.3 Å². The van der Waals surface area contributed by atoms with Gasteiger partial charge in [-0.3, -0.25) is 13.6 Å². The fourth-order valence-corrected chi connectivity index (χ4v) is 3.18. The van der Waals surface area contributed by atoms with E-state index in [9.17, 15) is 4.57 Å². The first-order chi connectivity index (χ1) is 7.29. The van der Waals surface area contributed by atoms with E-state index in [0.29, 0.717) is 13.2 Å². The van der Waals surface area contributed by atoms with Crippen molar-refractivity contribution in [3.8, 4) is 0 Å². The fraction of sp³-hybridized carbons (Fsp3) is 0.800. The van der Waals surface area contributed by atoms with Crippen LogP contribution in [0.1, 0.15) is 32.1 Å². The summed E-state index contributed by atoms with van der Waals surface area (Å²) in [6, 6.07) is 0. The van der Waals surface area contributed by atoms with Gasteiger partial charge in [-0.15, -0.1) is 0 Å². The fourth-order valence-electron chi connectivity index (χ4n) is 1.81. The highest BCUT2D eigenvalue weighted by Crippen LogP contribution is 2.54. The Morgan fingerprint density at radius 2 is 1.87 bits per heavy atom. The van der Waals surface area contributed by atoms with Crippen LogP contribution < -0.4 is 0 Å². The molecule has 1 fully saturated rings. The summed E-state index contributed by atoms with van der Waals surface area (Å²) >= 11 is 0. The zero-order chi connectivity index (χ0) is 10.6. The van der Waals surface area contributed by atoms with Crippen molar-refractivity contribution in [1.29, 1.82) is 0 Å². The molecule has 2 aliphatic rings. The summed E-state index contributed by atoms with van der Waals surface area (Å²) < 4.78 is 27.3. The van der Waals surface area contributed by atoms with E-state index in [1.54, 1.807) is 0 Å². The Kier molecular flexibility index (Phi) is 3.98. The minimum absolute atomic E-state index is 0.0129. The van der Waals surface area contributed by atoms with E-state index in [0.717, 1.165) is 32.1 Å². The van der Waals surface area contributed by atoms with Crippen LogP contribution in [0.5, 0.6) is 0 Å². The van der Waals surface area contributed by atoms with E-state index in [4.69, 9.17) is 13.6 Å². The first kappa shape index (κ1) is 11.3. The maximum Gasteiger partial charge on any atom is 0.475 e. The summed E-state index contributed by atoms with van der Waals surface area (Å²) in [5.41, 5.74) is 0. The first-order valence-corrected chi connectivity index (χ1v) is 6.97. The normalized spacial score (nSPS) is 33.2. The molecular weight excluding hydrogens is 215 g/mol. The second-order valence-electron chi connectivity index (χ2n) is 3.82. The Bertz CT molecular complexity index is 267. The van der Waals surface area contributed by atoms with Gasteiger partial charge in [0, 0.05) is 0 Å². The number of hydrogen-bond acceptors (Lipinski definition) is 4. The Morgan fingerprint density at radius 3 is 2.67 bits per heavy atom. The molecule has 15 heavy (non-hydrogen) atoms. The van der Waals surface area contributed by atoms with E-state index < -0.39 is 7.82 Å². The predicted octanol–water partition coefficient (Wildman–Crippen LogP) is 3.05. The van der Waals surface area contributed by atoms with Crippen LogP contribution in [0.3, 0.4) is 0 Å². The lowest BCUT2D eigenvalue weighted by atomic mass is 10.0. The van der Waals surface area contributed by atoms with Crippen LogP contribution in [0, 0.1) is 0 Å². The van der Waals surface area contributed by atoms with Crippen LogP contribution in [-0.4, -0.2) is 19.3 Å². The zero-order valence-corrected chi connectivity index (χ0v) is 9.66. The average Bonchev–Trinajstić information content (AvgIpc) is 2.57. The Morgan fingerprint density at radius 1 is 1.13 bits per heavy atom. The van der Waals surface area contributed by atoms with Crippen molar-refractivity contribution in [3.63, 3.8) is 0 Å². The summed E-state index contributed by atoms with van der Waals surface area (Å²) in [5.74, 6) is 0. The topological polar surface area (TPSA) is 44.8 Å². The van der Waals surface area contributed by atoms with Gasteiger partial charge in [0.1, 0.15) is 0 Å². The van der Waals surface area contributed by atoms with Gasteiger partial charge >= 0.3 is 7.82 Å². The van der Waals surface area contributed by atoms with Gasteiger partial charge < -0.3 is 0 Å². The van der Waals surface area contributed by atoms with Gasteiger partial charge in [0.15, 0.2) is 0 Å². The lowest BCUT2D eigenvalue weighted by Gasteiger charge is -2.20. The quantitative estimate of drug-likeness (QED) is 0.542. The Balaban J connectivity index is 1.87. The number of phosphoric acid groups is 1. The van der Waals surface area contributed by atoms with Gasteiger partial charge in [0.25, 0.3) is 0 Å². The lowest BCUT2D eigenvalue weighted by molar-refractivity contribution is 0.116. The Labute approximate surface area is 90.2 Å². The number of phosphoric ester groups is 1. The molecule has 1 heterocycles. The van der Waals surface area contributed by atoms with Crippen molar-refractivity contribution in [3.05, 3.63) is 12.2 Å². The van der Waals surface area contributed by atoms with Crippen LogP contribution in [0.15, 0.2) is 12.2 Å². The van der Waals surface area contributed by atoms with Gasteiger partial charge in [-0.05, 0) is 32.1 Å². The highest BCUT2D eigenvalue weighted by atomic mass is 31.2. The largest absolute Gasteiger partial charge is 0.475 e. The minimum atomic E-state index is -3.20. The van der Waals surface area contributed by atoms with E-state index in [-0.39, 0.29) is 6.10 Å². The van der Waals surface area contributed by atoms with Gasteiger partial charge in [-0.1, -0.05) is 12.2 Å². The molecule has 0 N–H and O–H groups in total. The average molecular weight is 232 g/mol. The molecule has 1 atom stereocenters. The van der Waals surface area contributed by atoms with E-state index in [1.807, 2.05) is 0 Å². The molecular formula is C10H17O4P. The SMILES string of the molecule is O=P1(OC2CC/C=C\CCC2)OCCO1. The van der Waals surface area contributed by atoms with Crippen molar-refractivity contribution in [2.24, 2.45) is 0 Å². The van der Waals surface area contributed by atoms with E-state index in [2.05, 4.69) is 12.2 Å². The van der Waals surface area contributed by atoms with Crippen LogP contribution in [0.4, 0.5) is 0 Å². The third-order valence-electron chi connectivity index (χ3n) is 2.58. The molecule has 0 aromatic rings. The number of hydrogen-bond donors (Lipinski definition) is 0. The summed E-state index contributed by atoms with van der Waals surface area (Å²) in [6.45, 7) is 0.758. The molecule has 0 aromatic carbocycles. The van der Waals surface area contributed by atoms with Gasteiger partial charge in [-0.25, -0.2) is 4.57 Å². The number of allylic oxidation sites excluding steroid dienone is 2. The summed E-state index contributed by atoms with van der Waals surface area (Å²) in [5, 5.41) is 0. The molecule has 2 rings (SSSR count). The molecule has 5 heteroatoms. The predicted molar refractivity (Wildman–Crippen MR) is 56.6 cm³/mol.